The summed E-state index contributed by atoms with van der Waals surface area (Å²) in [5.41, 5.74) is 5.51. The van der Waals surface area contributed by atoms with Crippen LogP contribution in [0.2, 0.25) is 0 Å². The van der Waals surface area contributed by atoms with Gasteiger partial charge in [0.15, 0.2) is 0 Å². The van der Waals surface area contributed by atoms with Crippen LogP contribution in [0.1, 0.15) is 100 Å². The molecule has 6 nitrogen and oxygen atoms in total. The first-order chi connectivity index (χ1) is 23.3. The van der Waals surface area contributed by atoms with Crippen LogP contribution in [-0.4, -0.2) is 38.4 Å². The van der Waals surface area contributed by atoms with Crippen LogP contribution >= 0.6 is 0 Å². The summed E-state index contributed by atoms with van der Waals surface area (Å²) in [6, 6.07) is 11.6. The SMILES string of the molecule is CCN(CC)c1ccc2c(c1)=[C+]C(/C=C/C=C/C=C1/N(CCCCCC(=O)C(C)(C)C)c3ccc(S(=O)(=O)O)cc3C1(C)C)=CC=2C(C)(C)C. The van der Waals surface area contributed by atoms with Crippen molar-refractivity contribution in [2.45, 2.75) is 105 Å². The molecule has 50 heavy (non-hydrogen) atoms. The molecule has 7 heteroatoms. The number of ketones is 1. The molecule has 0 saturated heterocycles. The van der Waals surface area contributed by atoms with E-state index in [0.29, 0.717) is 6.42 Å². The lowest BCUT2D eigenvalue weighted by Crippen LogP contribution is -2.34. The standard InChI is InChI=1S/C43H56N2O4S/c1-11-44(12-2)33-22-24-35-32(29-33)27-31(28-36(35)41(3,4)5)19-15-13-16-20-39-43(9,10)37-30-34(50(47,48)49)23-25-38(37)45(39)26-18-14-17-21-40(46)42(6,7)8/h13,15-16,19-20,22-25,28-30H,11-12,14,17-18,21,26H2,1-10H3/p+1/b16-13+,19-15+,39-20+. The van der Waals surface area contributed by atoms with Gasteiger partial charge in [-0.15, -0.1) is 0 Å². The normalized spacial score (nSPS) is 16.8. The van der Waals surface area contributed by atoms with E-state index in [9.17, 15) is 17.8 Å². The Balaban J connectivity index is 1.61. The van der Waals surface area contributed by atoms with Crippen molar-refractivity contribution in [2.75, 3.05) is 29.4 Å². The van der Waals surface area contributed by atoms with E-state index < -0.39 is 15.5 Å². The van der Waals surface area contributed by atoms with Crippen molar-refractivity contribution in [2.24, 2.45) is 10.8 Å². The molecular formula is C43H57N2O4S+. The maximum Gasteiger partial charge on any atom is 0.294 e. The van der Waals surface area contributed by atoms with Gasteiger partial charge in [0.2, 0.25) is 0 Å². The summed E-state index contributed by atoms with van der Waals surface area (Å²) in [4.78, 5) is 16.9. The molecule has 0 atom stereocenters. The van der Waals surface area contributed by atoms with E-state index in [0.717, 1.165) is 66.6 Å². The Labute approximate surface area is 301 Å². The van der Waals surface area contributed by atoms with Crippen molar-refractivity contribution in [3.63, 3.8) is 0 Å². The zero-order chi connectivity index (χ0) is 37.1. The molecule has 2 aromatic carbocycles. The third-order valence-corrected chi connectivity index (χ3v) is 10.7. The molecule has 1 aliphatic heterocycles. The zero-order valence-corrected chi connectivity index (χ0v) is 32.7. The van der Waals surface area contributed by atoms with Gasteiger partial charge in [0.25, 0.3) is 10.1 Å². The molecule has 0 fully saturated rings. The number of carbonyl (C=O) groups excluding carboxylic acids is 1. The fourth-order valence-corrected chi connectivity index (χ4v) is 7.33. The van der Waals surface area contributed by atoms with E-state index in [1.807, 2.05) is 39.0 Å². The number of fused-ring (bicyclic) bond motifs is 2. The first kappa shape index (κ1) is 39.0. The smallest absolute Gasteiger partial charge is 0.294 e. The topological polar surface area (TPSA) is 77.9 Å². The maximum absolute atomic E-state index is 12.4. The average molecular weight is 698 g/mol. The van der Waals surface area contributed by atoms with Gasteiger partial charge in [0, 0.05) is 83.6 Å². The zero-order valence-electron chi connectivity index (χ0n) is 31.9. The lowest BCUT2D eigenvalue weighted by Gasteiger charge is -2.27. The molecule has 0 radical (unpaired) electrons. The number of nitrogens with zero attached hydrogens (tertiary/aromatic N) is 2. The monoisotopic (exact) mass is 697 g/mol. The largest absolute Gasteiger partial charge is 0.366 e. The predicted molar refractivity (Wildman–Crippen MR) is 210 cm³/mol. The Morgan fingerprint density at radius 2 is 1.64 bits per heavy atom. The van der Waals surface area contributed by atoms with Gasteiger partial charge in [-0.05, 0) is 74.7 Å². The molecule has 2 aromatic rings. The third kappa shape index (κ3) is 8.93. The number of rotatable bonds is 13. The number of hydrogen-bond donors (Lipinski definition) is 1. The summed E-state index contributed by atoms with van der Waals surface area (Å²) in [6.45, 7) is 23.8. The second-order valence-corrected chi connectivity index (χ2v) is 17.4. The maximum atomic E-state index is 12.4. The van der Waals surface area contributed by atoms with Crippen LogP contribution in [-0.2, 0) is 20.3 Å². The molecule has 0 amide bonds. The summed E-state index contributed by atoms with van der Waals surface area (Å²) in [5, 5.41) is 2.34. The highest BCUT2D eigenvalue weighted by Gasteiger charge is 2.40. The number of allylic oxidation sites excluding steroid dienone is 8. The highest BCUT2D eigenvalue weighted by Crippen LogP contribution is 2.48. The van der Waals surface area contributed by atoms with E-state index in [1.54, 1.807) is 12.1 Å². The van der Waals surface area contributed by atoms with Crippen molar-refractivity contribution in [3.8, 4) is 0 Å². The Morgan fingerprint density at radius 1 is 0.940 bits per heavy atom. The van der Waals surface area contributed by atoms with Crippen LogP contribution < -0.4 is 20.2 Å². The van der Waals surface area contributed by atoms with Crippen LogP contribution in [0, 0.1) is 10.8 Å². The second kappa shape index (κ2) is 15.2. The molecule has 1 N–H and O–H groups in total. The van der Waals surface area contributed by atoms with Crippen LogP contribution in [0.4, 0.5) is 11.4 Å². The predicted octanol–water partition coefficient (Wildman–Crippen LogP) is 8.54. The number of hydrogen-bond acceptors (Lipinski definition) is 5. The van der Waals surface area contributed by atoms with Crippen molar-refractivity contribution in [3.05, 3.63) is 100 Å². The summed E-state index contributed by atoms with van der Waals surface area (Å²) >= 11 is 0. The van der Waals surface area contributed by atoms with Crippen molar-refractivity contribution in [1.82, 2.24) is 0 Å². The van der Waals surface area contributed by atoms with Crippen molar-refractivity contribution < 1.29 is 17.8 Å². The summed E-state index contributed by atoms with van der Waals surface area (Å²) in [6.07, 6.45) is 19.4. The van der Waals surface area contributed by atoms with Gasteiger partial charge in [-0.3, -0.25) is 9.35 Å². The molecule has 0 bridgehead atoms. The van der Waals surface area contributed by atoms with Gasteiger partial charge in [-0.25, -0.2) is 0 Å². The number of unbranched alkanes of at least 4 members (excludes halogenated alkanes) is 2. The fourth-order valence-electron chi connectivity index (χ4n) is 6.82. The van der Waals surface area contributed by atoms with Gasteiger partial charge >= 0.3 is 0 Å². The lowest BCUT2D eigenvalue weighted by molar-refractivity contribution is -0.126. The molecular weight excluding hydrogens is 641 g/mol. The summed E-state index contributed by atoms with van der Waals surface area (Å²) in [7, 11) is -4.34. The minimum absolute atomic E-state index is 0.0310. The highest BCUT2D eigenvalue weighted by molar-refractivity contribution is 7.85. The van der Waals surface area contributed by atoms with Crippen LogP contribution in [0.15, 0.2) is 89.0 Å². The number of anilines is 2. The first-order valence-electron chi connectivity index (χ1n) is 18.0. The molecule has 0 unspecified atom stereocenters. The minimum atomic E-state index is -4.34. The lowest BCUT2D eigenvalue weighted by atomic mass is 9.81. The van der Waals surface area contributed by atoms with E-state index in [-0.39, 0.29) is 21.5 Å². The van der Waals surface area contributed by atoms with Gasteiger partial charge in [0.05, 0.1) is 15.8 Å². The fraction of sp³-hybridized carbons (Fsp3) is 0.465. The van der Waals surface area contributed by atoms with Crippen LogP contribution in [0.5, 0.6) is 0 Å². The minimum Gasteiger partial charge on any atom is -0.366 e. The molecule has 1 heterocycles. The van der Waals surface area contributed by atoms with Gasteiger partial charge in [0.1, 0.15) is 16.6 Å². The Bertz CT molecular complexity index is 1940. The molecule has 4 rings (SSSR count). The van der Waals surface area contributed by atoms with E-state index in [4.69, 9.17) is 0 Å². The summed E-state index contributed by atoms with van der Waals surface area (Å²) < 4.78 is 33.9. The van der Waals surface area contributed by atoms with E-state index in [1.165, 1.54) is 22.5 Å². The average Bonchev–Trinajstić information content (AvgIpc) is 3.24. The Morgan fingerprint density at radius 3 is 2.26 bits per heavy atom. The van der Waals surface area contributed by atoms with Crippen molar-refractivity contribution in [1.29, 1.82) is 0 Å². The Hall–Kier alpha value is -3.77. The third-order valence-electron chi connectivity index (χ3n) is 9.84. The van der Waals surface area contributed by atoms with Crippen LogP contribution in [0.3, 0.4) is 0 Å². The first-order valence-corrected chi connectivity index (χ1v) is 19.5. The molecule has 0 saturated carbocycles. The number of benzene rings is 2. The molecule has 0 spiro atoms. The van der Waals surface area contributed by atoms with Gasteiger partial charge in [-0.2, -0.15) is 8.42 Å². The quantitative estimate of drug-likeness (QED) is 0.0979. The molecule has 268 valence electrons. The number of carbonyl (C=O) groups is 1. The van der Waals surface area contributed by atoms with E-state index >= 15 is 0 Å². The molecule has 2 aliphatic rings. The van der Waals surface area contributed by atoms with Gasteiger partial charge in [-0.1, -0.05) is 74.0 Å². The van der Waals surface area contributed by atoms with Crippen LogP contribution in [0.25, 0.3) is 11.6 Å². The van der Waals surface area contributed by atoms with E-state index in [2.05, 4.69) is 101 Å². The molecule has 1 aliphatic carbocycles. The second-order valence-electron chi connectivity index (χ2n) is 16.0. The molecule has 0 aromatic heterocycles. The van der Waals surface area contributed by atoms with Crippen molar-refractivity contribution >= 4 is 38.9 Å². The Kier molecular flexibility index (Phi) is 11.9. The highest BCUT2D eigenvalue weighted by atomic mass is 32.2. The number of Topliss-reactive ketones (excluding diaryl/α,β-unsaturated/α-hetero) is 1. The summed E-state index contributed by atoms with van der Waals surface area (Å²) in [5.74, 6) is 0.280. The van der Waals surface area contributed by atoms with Gasteiger partial charge < -0.3 is 9.80 Å².